The number of aryl methyl sites for hydroxylation is 1. The van der Waals surface area contributed by atoms with E-state index in [9.17, 15) is 0 Å². The Morgan fingerprint density at radius 2 is 2.00 bits per heavy atom. The first kappa shape index (κ1) is 13.6. The molecule has 0 aliphatic heterocycles. The summed E-state index contributed by atoms with van der Waals surface area (Å²) in [5.74, 6) is 0.948. The normalized spacial score (nSPS) is 13.5. The second-order valence-corrected chi connectivity index (χ2v) is 4.46. The van der Waals surface area contributed by atoms with E-state index in [0.717, 1.165) is 19.5 Å². The van der Waals surface area contributed by atoms with Gasteiger partial charge in [0.25, 0.3) is 0 Å². The monoisotopic (exact) mass is 233 g/mol. The van der Waals surface area contributed by atoms with Gasteiger partial charge in [-0.2, -0.15) is 0 Å². The zero-order chi connectivity index (χ0) is 12.7. The van der Waals surface area contributed by atoms with Crippen molar-refractivity contribution < 1.29 is 0 Å². The lowest BCUT2D eigenvalue weighted by atomic mass is 10.0. The van der Waals surface area contributed by atoms with Gasteiger partial charge >= 0.3 is 0 Å². The molecule has 3 N–H and O–H groups in total. The number of nitrogens with one attached hydrogen (secondary N) is 1. The smallest absolute Gasteiger partial charge is 0.188 e. The molecule has 0 radical (unpaired) electrons. The van der Waals surface area contributed by atoms with Crippen LogP contribution in [-0.2, 0) is 0 Å². The van der Waals surface area contributed by atoms with Crippen molar-refractivity contribution in [3.05, 3.63) is 35.4 Å². The van der Waals surface area contributed by atoms with Crippen molar-refractivity contribution in [3.8, 4) is 0 Å². The molecule has 1 atom stereocenters. The van der Waals surface area contributed by atoms with Gasteiger partial charge in [-0.05, 0) is 18.9 Å². The average molecular weight is 233 g/mol. The summed E-state index contributed by atoms with van der Waals surface area (Å²) in [4.78, 5) is 4.34. The van der Waals surface area contributed by atoms with Crippen LogP contribution in [0, 0.1) is 6.92 Å². The number of rotatable bonds is 5. The zero-order valence-electron chi connectivity index (χ0n) is 11.0. The van der Waals surface area contributed by atoms with Crippen molar-refractivity contribution in [2.75, 3.05) is 13.1 Å². The highest BCUT2D eigenvalue weighted by Crippen LogP contribution is 2.15. The first-order chi connectivity index (χ1) is 8.13. The van der Waals surface area contributed by atoms with Crippen LogP contribution in [0.5, 0.6) is 0 Å². The van der Waals surface area contributed by atoms with Crippen LogP contribution < -0.4 is 11.1 Å². The van der Waals surface area contributed by atoms with Crippen LogP contribution in [0.1, 0.15) is 37.3 Å². The van der Waals surface area contributed by atoms with Gasteiger partial charge in [-0.1, -0.05) is 43.7 Å². The molecular formula is C14H23N3. The summed E-state index contributed by atoms with van der Waals surface area (Å²) in [6, 6.07) is 8.58. The Bertz CT molecular complexity index is 354. The topological polar surface area (TPSA) is 50.4 Å². The fourth-order valence-corrected chi connectivity index (χ4v) is 1.54. The highest BCUT2D eigenvalue weighted by molar-refractivity contribution is 5.77. The summed E-state index contributed by atoms with van der Waals surface area (Å²) in [6.45, 7) is 7.98. The Hall–Kier alpha value is -1.51. The Balaban J connectivity index is 2.48. The molecule has 0 saturated heterocycles. The molecule has 1 aromatic carbocycles. The first-order valence-electron chi connectivity index (χ1n) is 6.23. The second-order valence-electron chi connectivity index (χ2n) is 4.46. The summed E-state index contributed by atoms with van der Waals surface area (Å²) in [5.41, 5.74) is 8.34. The van der Waals surface area contributed by atoms with Gasteiger partial charge < -0.3 is 11.1 Å². The van der Waals surface area contributed by atoms with Crippen molar-refractivity contribution in [2.24, 2.45) is 10.7 Å². The second kappa shape index (κ2) is 6.94. The third-order valence-electron chi connectivity index (χ3n) is 2.74. The third-order valence-corrected chi connectivity index (χ3v) is 2.74. The van der Waals surface area contributed by atoms with Gasteiger partial charge in [0.2, 0.25) is 0 Å². The van der Waals surface area contributed by atoms with Crippen LogP contribution in [0.4, 0.5) is 0 Å². The number of nitrogens with zero attached hydrogens (tertiary/aromatic N) is 1. The Morgan fingerprint density at radius 1 is 1.35 bits per heavy atom. The number of benzene rings is 1. The number of nitrogens with two attached hydrogens (primary N) is 1. The SMILES string of the molecule is CCCNC(N)=NCC(C)c1ccc(C)cc1. The van der Waals surface area contributed by atoms with E-state index < -0.39 is 0 Å². The fraction of sp³-hybridized carbons (Fsp3) is 0.500. The lowest BCUT2D eigenvalue weighted by Crippen LogP contribution is -2.32. The van der Waals surface area contributed by atoms with Gasteiger partial charge in [0.05, 0.1) is 0 Å². The summed E-state index contributed by atoms with van der Waals surface area (Å²) in [5, 5.41) is 3.08. The van der Waals surface area contributed by atoms with Gasteiger partial charge in [-0.15, -0.1) is 0 Å². The van der Waals surface area contributed by atoms with Crippen LogP contribution in [0.2, 0.25) is 0 Å². The molecule has 0 aliphatic rings. The molecule has 0 bridgehead atoms. The van der Waals surface area contributed by atoms with E-state index in [1.54, 1.807) is 0 Å². The van der Waals surface area contributed by atoms with Gasteiger partial charge in [0, 0.05) is 19.0 Å². The molecule has 0 saturated carbocycles. The van der Waals surface area contributed by atoms with Gasteiger partial charge in [0.15, 0.2) is 5.96 Å². The minimum atomic E-state index is 0.401. The summed E-state index contributed by atoms with van der Waals surface area (Å²) in [7, 11) is 0. The standard InChI is InChI=1S/C14H23N3/c1-4-9-16-14(15)17-10-12(3)13-7-5-11(2)6-8-13/h5-8,12H,4,9-10H2,1-3H3,(H3,15,16,17). The molecule has 1 aromatic rings. The van der Waals surface area contributed by atoms with Gasteiger partial charge in [-0.25, -0.2) is 0 Å². The maximum Gasteiger partial charge on any atom is 0.188 e. The number of guanidine groups is 1. The van der Waals surface area contributed by atoms with E-state index >= 15 is 0 Å². The van der Waals surface area contributed by atoms with Gasteiger partial charge in [0.1, 0.15) is 0 Å². The zero-order valence-corrected chi connectivity index (χ0v) is 11.0. The van der Waals surface area contributed by atoms with Crippen LogP contribution in [0.3, 0.4) is 0 Å². The fourth-order valence-electron chi connectivity index (χ4n) is 1.54. The molecule has 0 aromatic heterocycles. The van der Waals surface area contributed by atoms with Crippen molar-refractivity contribution in [3.63, 3.8) is 0 Å². The van der Waals surface area contributed by atoms with Crippen molar-refractivity contribution in [1.82, 2.24) is 5.32 Å². The van der Waals surface area contributed by atoms with E-state index in [1.165, 1.54) is 11.1 Å². The minimum absolute atomic E-state index is 0.401. The number of hydrogen-bond acceptors (Lipinski definition) is 1. The Morgan fingerprint density at radius 3 is 2.59 bits per heavy atom. The van der Waals surface area contributed by atoms with Crippen LogP contribution >= 0.6 is 0 Å². The first-order valence-corrected chi connectivity index (χ1v) is 6.23. The molecule has 0 amide bonds. The predicted octanol–water partition coefficient (Wildman–Crippen LogP) is 2.41. The van der Waals surface area contributed by atoms with Crippen molar-refractivity contribution >= 4 is 5.96 Å². The van der Waals surface area contributed by atoms with Crippen LogP contribution in [0.15, 0.2) is 29.3 Å². The molecule has 0 heterocycles. The molecule has 0 spiro atoms. The largest absolute Gasteiger partial charge is 0.370 e. The maximum atomic E-state index is 5.75. The molecule has 3 heteroatoms. The molecule has 1 unspecified atom stereocenters. The lowest BCUT2D eigenvalue weighted by molar-refractivity contribution is 0.759. The molecule has 1 rings (SSSR count). The molecular weight excluding hydrogens is 210 g/mol. The van der Waals surface area contributed by atoms with E-state index in [2.05, 4.69) is 55.3 Å². The van der Waals surface area contributed by atoms with Gasteiger partial charge in [-0.3, -0.25) is 4.99 Å². The van der Waals surface area contributed by atoms with E-state index in [0.29, 0.717) is 11.9 Å². The highest BCUT2D eigenvalue weighted by atomic mass is 15.1. The lowest BCUT2D eigenvalue weighted by Gasteiger charge is -2.10. The summed E-state index contributed by atoms with van der Waals surface area (Å²) >= 11 is 0. The Labute approximate surface area is 104 Å². The molecule has 0 fully saturated rings. The average Bonchev–Trinajstić information content (AvgIpc) is 2.34. The third kappa shape index (κ3) is 4.89. The molecule has 0 aliphatic carbocycles. The van der Waals surface area contributed by atoms with Crippen molar-refractivity contribution in [2.45, 2.75) is 33.1 Å². The maximum absolute atomic E-state index is 5.75. The highest BCUT2D eigenvalue weighted by Gasteiger charge is 2.04. The predicted molar refractivity (Wildman–Crippen MR) is 74.4 cm³/mol. The van der Waals surface area contributed by atoms with E-state index in [1.807, 2.05) is 0 Å². The quantitative estimate of drug-likeness (QED) is 0.606. The minimum Gasteiger partial charge on any atom is -0.370 e. The molecule has 17 heavy (non-hydrogen) atoms. The van der Waals surface area contributed by atoms with Crippen LogP contribution in [-0.4, -0.2) is 19.0 Å². The van der Waals surface area contributed by atoms with Crippen LogP contribution in [0.25, 0.3) is 0 Å². The van der Waals surface area contributed by atoms with E-state index in [4.69, 9.17) is 5.73 Å². The number of hydrogen-bond donors (Lipinski definition) is 2. The van der Waals surface area contributed by atoms with E-state index in [-0.39, 0.29) is 0 Å². The summed E-state index contributed by atoms with van der Waals surface area (Å²) in [6.07, 6.45) is 1.06. The summed E-state index contributed by atoms with van der Waals surface area (Å²) < 4.78 is 0. The molecule has 94 valence electrons. The number of aliphatic imine (C=N–C) groups is 1. The molecule has 3 nitrogen and oxygen atoms in total. The Kier molecular flexibility index (Phi) is 5.53. The van der Waals surface area contributed by atoms with Crippen molar-refractivity contribution in [1.29, 1.82) is 0 Å².